The van der Waals surface area contributed by atoms with Crippen LogP contribution in [0, 0.1) is 6.92 Å². The fourth-order valence-corrected chi connectivity index (χ4v) is 4.22. The number of ether oxygens (including phenoxy) is 2. The van der Waals surface area contributed by atoms with Gasteiger partial charge in [0, 0.05) is 35.5 Å². The molecule has 9 heteroatoms. The van der Waals surface area contributed by atoms with E-state index in [2.05, 4.69) is 26.2 Å². The molecule has 0 saturated heterocycles. The molecule has 0 radical (unpaired) electrons. The molecule has 1 N–H and O–H groups in total. The summed E-state index contributed by atoms with van der Waals surface area (Å²) in [6, 6.07) is 11.5. The van der Waals surface area contributed by atoms with E-state index in [9.17, 15) is 9.59 Å². The van der Waals surface area contributed by atoms with Crippen molar-refractivity contribution in [2.75, 3.05) is 19.0 Å². The number of nitrogens with one attached hydrogen (secondary N) is 1. The number of amides is 2. The van der Waals surface area contributed by atoms with Crippen LogP contribution in [0.15, 0.2) is 59.6 Å². The van der Waals surface area contributed by atoms with Crippen molar-refractivity contribution in [1.82, 2.24) is 14.5 Å². The summed E-state index contributed by atoms with van der Waals surface area (Å²) in [7, 11) is 1.67. The first-order valence-corrected chi connectivity index (χ1v) is 12.5. The van der Waals surface area contributed by atoms with Gasteiger partial charge in [0.2, 0.25) is 0 Å². The van der Waals surface area contributed by atoms with Crippen LogP contribution >= 0.6 is 15.9 Å². The lowest BCUT2D eigenvalue weighted by atomic mass is 9.97. The number of hydrogen-bond donors (Lipinski definition) is 1. The van der Waals surface area contributed by atoms with E-state index < -0.39 is 17.8 Å². The summed E-state index contributed by atoms with van der Waals surface area (Å²) in [5, 5.41) is 2.80. The van der Waals surface area contributed by atoms with Gasteiger partial charge in [-0.25, -0.2) is 14.6 Å². The molecule has 2 amide bonds. The van der Waals surface area contributed by atoms with E-state index in [1.54, 1.807) is 25.6 Å². The Morgan fingerprint density at radius 1 is 1.19 bits per heavy atom. The third-order valence-electron chi connectivity index (χ3n) is 5.45. The number of nitrogens with zero attached hydrogens (tertiary/aromatic N) is 3. The summed E-state index contributed by atoms with van der Waals surface area (Å²) in [6.45, 7) is 10.0. The van der Waals surface area contributed by atoms with Gasteiger partial charge in [0.25, 0.3) is 0 Å². The largest absolute Gasteiger partial charge is 0.449 e. The van der Waals surface area contributed by atoms with Crippen LogP contribution in [0.4, 0.5) is 15.3 Å². The third kappa shape index (κ3) is 7.58. The molecule has 0 aliphatic rings. The molecule has 3 rings (SSSR count). The van der Waals surface area contributed by atoms with E-state index in [0.717, 1.165) is 26.9 Å². The Kier molecular flexibility index (Phi) is 8.79. The van der Waals surface area contributed by atoms with Crippen LogP contribution < -0.4 is 5.32 Å². The van der Waals surface area contributed by atoms with Crippen molar-refractivity contribution >= 4 is 33.8 Å². The molecule has 1 heterocycles. The summed E-state index contributed by atoms with van der Waals surface area (Å²) < 4.78 is 13.8. The van der Waals surface area contributed by atoms with Crippen LogP contribution in [-0.2, 0) is 16.0 Å². The molecule has 1 atom stereocenters. The molecule has 0 aliphatic heterocycles. The highest BCUT2D eigenvalue weighted by atomic mass is 79.9. The highest BCUT2D eigenvalue weighted by molar-refractivity contribution is 9.10. The van der Waals surface area contributed by atoms with Crippen LogP contribution in [0.1, 0.15) is 50.3 Å². The van der Waals surface area contributed by atoms with E-state index in [1.165, 1.54) is 4.90 Å². The van der Waals surface area contributed by atoms with E-state index in [0.29, 0.717) is 5.69 Å². The molecule has 0 bridgehead atoms. The Balaban J connectivity index is 1.71. The van der Waals surface area contributed by atoms with Gasteiger partial charge in [-0.2, -0.15) is 0 Å². The Labute approximate surface area is 220 Å². The molecular formula is C27H33BrN4O4. The lowest BCUT2D eigenvalue weighted by Gasteiger charge is -2.25. The first-order valence-electron chi connectivity index (χ1n) is 11.7. The van der Waals surface area contributed by atoms with E-state index in [1.807, 2.05) is 75.7 Å². The molecule has 0 spiro atoms. The lowest BCUT2D eigenvalue weighted by Crippen LogP contribution is -2.34. The number of rotatable bonds is 7. The van der Waals surface area contributed by atoms with Crippen molar-refractivity contribution in [3.8, 4) is 5.69 Å². The minimum atomic E-state index is -0.600. The number of aryl methyl sites for hydroxylation is 1. The Hall–Kier alpha value is -3.33. The SMILES string of the molecule is Cc1cc(Br)ccc1[C@@H](C)COC(=O)Nc1ccc(-n2ccnc2)c(CN(C)C(=O)OC(C)(C)C)c1. The summed E-state index contributed by atoms with van der Waals surface area (Å²) in [6.07, 6.45) is 4.20. The zero-order chi connectivity index (χ0) is 26.5. The van der Waals surface area contributed by atoms with Crippen molar-refractivity contribution in [2.24, 2.45) is 0 Å². The minimum absolute atomic E-state index is 0.0468. The Bertz CT molecular complexity index is 1200. The second kappa shape index (κ2) is 11.6. The zero-order valence-corrected chi connectivity index (χ0v) is 23.1. The summed E-state index contributed by atoms with van der Waals surface area (Å²) >= 11 is 3.47. The molecule has 8 nitrogen and oxygen atoms in total. The number of carbonyl (C=O) groups is 2. The number of imidazole rings is 1. The standard InChI is InChI=1S/C27H33BrN4O4/c1-18-13-21(28)7-9-23(18)19(2)16-35-25(33)30-22-8-10-24(32-12-11-29-17-32)20(14-22)15-31(6)26(34)36-27(3,4)5/h7-14,17,19H,15-16H2,1-6H3,(H,30,33)/t19-/m0/s1. The third-order valence-corrected chi connectivity index (χ3v) is 5.94. The highest BCUT2D eigenvalue weighted by Gasteiger charge is 2.21. The maximum atomic E-state index is 12.6. The second-order valence-electron chi connectivity index (χ2n) is 9.78. The topological polar surface area (TPSA) is 85.7 Å². The van der Waals surface area contributed by atoms with E-state index in [-0.39, 0.29) is 19.1 Å². The molecular weight excluding hydrogens is 524 g/mol. The quantitative estimate of drug-likeness (QED) is 0.351. The summed E-state index contributed by atoms with van der Waals surface area (Å²) in [5.74, 6) is 0.0468. The minimum Gasteiger partial charge on any atom is -0.449 e. The second-order valence-corrected chi connectivity index (χ2v) is 10.7. The van der Waals surface area contributed by atoms with Gasteiger partial charge in [-0.05, 0) is 74.7 Å². The normalized spacial score (nSPS) is 12.1. The van der Waals surface area contributed by atoms with Crippen molar-refractivity contribution < 1.29 is 19.1 Å². The number of benzene rings is 2. The van der Waals surface area contributed by atoms with Crippen LogP contribution in [0.2, 0.25) is 0 Å². The fourth-order valence-electron chi connectivity index (χ4n) is 3.74. The lowest BCUT2D eigenvalue weighted by molar-refractivity contribution is 0.0285. The van der Waals surface area contributed by atoms with Crippen LogP contribution in [-0.4, -0.2) is 45.9 Å². The first-order chi connectivity index (χ1) is 16.9. The van der Waals surface area contributed by atoms with Crippen molar-refractivity contribution in [2.45, 2.75) is 52.7 Å². The Morgan fingerprint density at radius 2 is 1.94 bits per heavy atom. The van der Waals surface area contributed by atoms with Crippen molar-refractivity contribution in [1.29, 1.82) is 0 Å². The molecule has 0 unspecified atom stereocenters. The smallest absolute Gasteiger partial charge is 0.411 e. The number of halogens is 1. The van der Waals surface area contributed by atoms with Gasteiger partial charge >= 0.3 is 12.2 Å². The molecule has 2 aromatic carbocycles. The number of anilines is 1. The van der Waals surface area contributed by atoms with Gasteiger partial charge in [0.15, 0.2) is 0 Å². The monoisotopic (exact) mass is 556 g/mol. The van der Waals surface area contributed by atoms with E-state index in [4.69, 9.17) is 9.47 Å². The van der Waals surface area contributed by atoms with Gasteiger partial charge in [0.1, 0.15) is 5.60 Å². The predicted molar refractivity (Wildman–Crippen MR) is 144 cm³/mol. The first kappa shape index (κ1) is 27.3. The Morgan fingerprint density at radius 3 is 2.58 bits per heavy atom. The molecule has 3 aromatic rings. The van der Waals surface area contributed by atoms with Gasteiger partial charge in [0.05, 0.1) is 25.2 Å². The van der Waals surface area contributed by atoms with E-state index >= 15 is 0 Å². The van der Waals surface area contributed by atoms with Crippen molar-refractivity contribution in [3.05, 3.63) is 76.3 Å². The maximum absolute atomic E-state index is 12.6. The van der Waals surface area contributed by atoms with Crippen molar-refractivity contribution in [3.63, 3.8) is 0 Å². The average molecular weight is 557 g/mol. The molecule has 192 valence electrons. The number of aromatic nitrogens is 2. The summed E-state index contributed by atoms with van der Waals surface area (Å²) in [5.41, 5.74) is 3.86. The molecule has 0 fully saturated rings. The van der Waals surface area contributed by atoms with Gasteiger partial charge in [-0.1, -0.05) is 28.9 Å². The fraction of sp³-hybridized carbons (Fsp3) is 0.370. The highest BCUT2D eigenvalue weighted by Crippen LogP contribution is 2.25. The number of carbonyl (C=O) groups excluding carboxylic acids is 2. The van der Waals surface area contributed by atoms with Gasteiger partial charge in [-0.3, -0.25) is 5.32 Å². The molecule has 0 aliphatic carbocycles. The average Bonchev–Trinajstić information content (AvgIpc) is 3.31. The van der Waals surface area contributed by atoms with Crippen LogP contribution in [0.25, 0.3) is 5.69 Å². The molecule has 1 aromatic heterocycles. The van der Waals surface area contributed by atoms with Crippen LogP contribution in [0.3, 0.4) is 0 Å². The number of hydrogen-bond acceptors (Lipinski definition) is 5. The van der Waals surface area contributed by atoms with Gasteiger partial charge < -0.3 is 18.9 Å². The van der Waals surface area contributed by atoms with Gasteiger partial charge in [-0.15, -0.1) is 0 Å². The maximum Gasteiger partial charge on any atom is 0.411 e. The summed E-state index contributed by atoms with van der Waals surface area (Å²) in [4.78, 5) is 30.7. The molecule has 36 heavy (non-hydrogen) atoms. The predicted octanol–water partition coefficient (Wildman–Crippen LogP) is 6.66. The molecule has 0 saturated carbocycles. The zero-order valence-electron chi connectivity index (χ0n) is 21.5. The van der Waals surface area contributed by atoms with Crippen LogP contribution in [0.5, 0.6) is 0 Å².